The lowest BCUT2D eigenvalue weighted by Gasteiger charge is -2.05. The Labute approximate surface area is 95.5 Å². The van der Waals surface area contributed by atoms with Crippen LogP contribution in [0.15, 0.2) is 58.9 Å². The smallest absolute Gasteiger partial charge is 0.0249 e. The molecular weight excluding hydrogens is 208 g/mol. The largest absolute Gasteiger partial charge is 0.143 e. The number of rotatable bonds is 4. The molecule has 0 N–H and O–H groups in total. The molecule has 1 unspecified atom stereocenters. The van der Waals surface area contributed by atoms with Crippen molar-refractivity contribution in [2.75, 3.05) is 0 Å². The van der Waals surface area contributed by atoms with Gasteiger partial charge in [-0.05, 0) is 31.2 Å². The van der Waals surface area contributed by atoms with E-state index in [1.54, 1.807) is 6.08 Å². The summed E-state index contributed by atoms with van der Waals surface area (Å²) < 4.78 is 0. The molecule has 1 rings (SSSR count). The van der Waals surface area contributed by atoms with Gasteiger partial charge in [0.1, 0.15) is 0 Å². The number of thiol groups is 1. The van der Waals surface area contributed by atoms with Gasteiger partial charge in [-0.25, -0.2) is 0 Å². The highest BCUT2D eigenvalue weighted by Gasteiger charge is 1.99. The van der Waals surface area contributed by atoms with Crippen LogP contribution >= 0.6 is 24.4 Å². The van der Waals surface area contributed by atoms with Crippen molar-refractivity contribution in [3.05, 3.63) is 49.1 Å². The third-order valence-corrected chi connectivity index (χ3v) is 3.05. The van der Waals surface area contributed by atoms with E-state index in [0.717, 1.165) is 4.90 Å². The maximum absolute atomic E-state index is 4.24. The summed E-state index contributed by atoms with van der Waals surface area (Å²) in [7, 11) is 0. The van der Waals surface area contributed by atoms with Crippen LogP contribution in [0.4, 0.5) is 0 Å². The maximum Gasteiger partial charge on any atom is 0.0249 e. The van der Waals surface area contributed by atoms with Crippen molar-refractivity contribution in [1.29, 1.82) is 0 Å². The highest BCUT2D eigenvalue weighted by molar-refractivity contribution is 8.00. The van der Waals surface area contributed by atoms with E-state index in [1.807, 2.05) is 30.0 Å². The van der Waals surface area contributed by atoms with Crippen LogP contribution in [-0.2, 0) is 0 Å². The van der Waals surface area contributed by atoms with E-state index in [0.29, 0.717) is 5.25 Å². The fraction of sp³-hybridized carbons (Fsp3) is 0.167. The molecule has 0 saturated heterocycles. The molecule has 0 aliphatic rings. The molecule has 0 nitrogen and oxygen atoms in total. The highest BCUT2D eigenvalue weighted by atomic mass is 32.2. The first-order valence-electron chi connectivity index (χ1n) is 4.47. The second-order valence-electron chi connectivity index (χ2n) is 2.94. The molecule has 0 radical (unpaired) electrons. The molecule has 74 valence electrons. The molecule has 0 spiro atoms. The summed E-state index contributed by atoms with van der Waals surface area (Å²) in [6.07, 6.45) is 5.91. The summed E-state index contributed by atoms with van der Waals surface area (Å²) in [6, 6.07) is 8.20. The highest BCUT2D eigenvalue weighted by Crippen LogP contribution is 2.24. The quantitative estimate of drug-likeness (QED) is 0.452. The first kappa shape index (κ1) is 11.5. The predicted molar refractivity (Wildman–Crippen MR) is 68.4 cm³/mol. The van der Waals surface area contributed by atoms with Gasteiger partial charge in [0.15, 0.2) is 0 Å². The Balaban J connectivity index is 2.55. The monoisotopic (exact) mass is 222 g/mol. The van der Waals surface area contributed by atoms with Gasteiger partial charge in [0, 0.05) is 15.0 Å². The Kier molecular flexibility index (Phi) is 4.91. The van der Waals surface area contributed by atoms with Crippen LogP contribution in [0.5, 0.6) is 0 Å². The van der Waals surface area contributed by atoms with Crippen molar-refractivity contribution in [2.45, 2.75) is 22.0 Å². The topological polar surface area (TPSA) is 0 Å². The van der Waals surface area contributed by atoms with Crippen molar-refractivity contribution in [3.63, 3.8) is 0 Å². The zero-order valence-corrected chi connectivity index (χ0v) is 9.89. The van der Waals surface area contributed by atoms with Gasteiger partial charge >= 0.3 is 0 Å². The lowest BCUT2D eigenvalue weighted by molar-refractivity contribution is 1.23. The molecule has 0 saturated carbocycles. The SMILES string of the molecule is C=C/C=C\C(C)Sc1ccc(S)cc1. The summed E-state index contributed by atoms with van der Waals surface area (Å²) in [6.45, 7) is 5.81. The molecule has 1 atom stereocenters. The molecule has 0 bridgehead atoms. The third kappa shape index (κ3) is 4.07. The summed E-state index contributed by atoms with van der Waals surface area (Å²) in [5.74, 6) is 0. The minimum absolute atomic E-state index is 0.471. The van der Waals surface area contributed by atoms with Gasteiger partial charge in [-0.1, -0.05) is 24.8 Å². The molecule has 0 aliphatic heterocycles. The summed E-state index contributed by atoms with van der Waals surface area (Å²) >= 11 is 6.07. The lowest BCUT2D eigenvalue weighted by atomic mass is 10.4. The number of allylic oxidation sites excluding steroid dienone is 2. The van der Waals surface area contributed by atoms with E-state index in [9.17, 15) is 0 Å². The van der Waals surface area contributed by atoms with Gasteiger partial charge in [0.05, 0.1) is 0 Å². The second-order valence-corrected chi connectivity index (χ2v) is 4.90. The Morgan fingerprint density at radius 1 is 1.36 bits per heavy atom. The van der Waals surface area contributed by atoms with Crippen molar-refractivity contribution in [3.8, 4) is 0 Å². The number of hydrogen-bond acceptors (Lipinski definition) is 2. The van der Waals surface area contributed by atoms with Crippen molar-refractivity contribution >= 4 is 24.4 Å². The van der Waals surface area contributed by atoms with Crippen LogP contribution in [0.3, 0.4) is 0 Å². The Bertz CT molecular complexity index is 312. The third-order valence-electron chi connectivity index (χ3n) is 1.68. The molecule has 0 aliphatic carbocycles. The first-order valence-corrected chi connectivity index (χ1v) is 5.80. The van der Waals surface area contributed by atoms with Gasteiger partial charge in [0.25, 0.3) is 0 Å². The van der Waals surface area contributed by atoms with Crippen molar-refractivity contribution in [1.82, 2.24) is 0 Å². The summed E-state index contributed by atoms with van der Waals surface area (Å²) in [4.78, 5) is 2.27. The Hall–Kier alpha value is -0.600. The molecule has 0 heterocycles. The van der Waals surface area contributed by atoms with Gasteiger partial charge in [0.2, 0.25) is 0 Å². The number of hydrogen-bond donors (Lipinski definition) is 1. The fourth-order valence-corrected chi connectivity index (χ4v) is 2.05. The standard InChI is InChI=1S/C12H14S2/c1-3-4-5-10(2)14-12-8-6-11(13)7-9-12/h3-10,13H,1H2,2H3/b5-4-. The van der Waals surface area contributed by atoms with Crippen LogP contribution in [0.1, 0.15) is 6.92 Å². The molecular formula is C12H14S2. The van der Waals surface area contributed by atoms with E-state index in [4.69, 9.17) is 0 Å². The van der Waals surface area contributed by atoms with Crippen LogP contribution in [0.25, 0.3) is 0 Å². The van der Waals surface area contributed by atoms with Crippen LogP contribution < -0.4 is 0 Å². The van der Waals surface area contributed by atoms with E-state index in [2.05, 4.69) is 44.3 Å². The van der Waals surface area contributed by atoms with Crippen LogP contribution in [-0.4, -0.2) is 5.25 Å². The van der Waals surface area contributed by atoms with Gasteiger partial charge in [-0.15, -0.1) is 24.4 Å². The zero-order chi connectivity index (χ0) is 10.4. The molecule has 1 aromatic rings. The second kappa shape index (κ2) is 5.99. The first-order chi connectivity index (χ1) is 6.72. The van der Waals surface area contributed by atoms with Gasteiger partial charge < -0.3 is 0 Å². The van der Waals surface area contributed by atoms with Crippen LogP contribution in [0, 0.1) is 0 Å². The minimum Gasteiger partial charge on any atom is -0.143 e. The van der Waals surface area contributed by atoms with Crippen LogP contribution in [0.2, 0.25) is 0 Å². The predicted octanol–water partition coefficient (Wildman–Crippen LogP) is 4.20. The summed E-state index contributed by atoms with van der Waals surface area (Å²) in [5.41, 5.74) is 0. The van der Waals surface area contributed by atoms with E-state index in [1.165, 1.54) is 4.90 Å². The molecule has 0 aromatic heterocycles. The Morgan fingerprint density at radius 2 is 2.00 bits per heavy atom. The summed E-state index contributed by atoms with van der Waals surface area (Å²) in [5, 5.41) is 0.471. The molecule has 2 heteroatoms. The molecule has 14 heavy (non-hydrogen) atoms. The van der Waals surface area contributed by atoms with E-state index < -0.39 is 0 Å². The minimum atomic E-state index is 0.471. The van der Waals surface area contributed by atoms with E-state index >= 15 is 0 Å². The van der Waals surface area contributed by atoms with Gasteiger partial charge in [-0.3, -0.25) is 0 Å². The van der Waals surface area contributed by atoms with Crippen molar-refractivity contribution < 1.29 is 0 Å². The zero-order valence-electron chi connectivity index (χ0n) is 8.18. The molecule has 1 aromatic carbocycles. The number of benzene rings is 1. The van der Waals surface area contributed by atoms with Gasteiger partial charge in [-0.2, -0.15) is 0 Å². The molecule has 0 amide bonds. The lowest BCUT2D eigenvalue weighted by Crippen LogP contribution is -1.88. The normalized spacial score (nSPS) is 13.0. The Morgan fingerprint density at radius 3 is 2.57 bits per heavy atom. The maximum atomic E-state index is 4.24. The molecule has 0 fully saturated rings. The fourth-order valence-electron chi connectivity index (χ4n) is 1.01. The van der Waals surface area contributed by atoms with Crippen molar-refractivity contribution in [2.24, 2.45) is 0 Å². The number of thioether (sulfide) groups is 1. The van der Waals surface area contributed by atoms with E-state index in [-0.39, 0.29) is 0 Å². The average molecular weight is 222 g/mol. The average Bonchev–Trinajstić information content (AvgIpc) is 2.18.